The zero-order valence-corrected chi connectivity index (χ0v) is 10.2. The summed E-state index contributed by atoms with van der Waals surface area (Å²) in [7, 11) is 0. The van der Waals surface area contributed by atoms with E-state index in [1.807, 2.05) is 12.3 Å². The molecule has 2 heterocycles. The van der Waals surface area contributed by atoms with Gasteiger partial charge in [0.1, 0.15) is 0 Å². The molecule has 0 bridgehead atoms. The molecule has 1 aromatic heterocycles. The summed E-state index contributed by atoms with van der Waals surface area (Å²) in [6, 6.07) is 6.21. The van der Waals surface area contributed by atoms with Crippen LogP contribution in [0, 0.1) is 0 Å². The molecule has 1 N–H and O–H groups in total. The van der Waals surface area contributed by atoms with E-state index in [4.69, 9.17) is 0 Å². The molecule has 1 aromatic rings. The van der Waals surface area contributed by atoms with Crippen molar-refractivity contribution in [1.29, 1.82) is 0 Å². The molecule has 1 unspecified atom stereocenters. The quantitative estimate of drug-likeness (QED) is 0.797. The van der Waals surface area contributed by atoms with Crippen molar-refractivity contribution in [2.45, 2.75) is 38.1 Å². The Bertz CT molecular complexity index is 298. The van der Waals surface area contributed by atoms with E-state index >= 15 is 0 Å². The van der Waals surface area contributed by atoms with Gasteiger partial charge in [-0.1, -0.05) is 6.07 Å². The van der Waals surface area contributed by atoms with Gasteiger partial charge < -0.3 is 5.32 Å². The van der Waals surface area contributed by atoms with Crippen molar-refractivity contribution in [3.63, 3.8) is 0 Å². The Balaban J connectivity index is 0.00000112. The Morgan fingerprint density at radius 1 is 1.40 bits per heavy atom. The highest BCUT2D eigenvalue weighted by molar-refractivity contribution is 5.85. The Morgan fingerprint density at radius 2 is 2.20 bits per heavy atom. The summed E-state index contributed by atoms with van der Waals surface area (Å²) >= 11 is 0. The molecule has 0 aromatic carbocycles. The maximum atomic E-state index is 4.44. The molecule has 0 amide bonds. The second kappa shape index (κ2) is 4.95. The average Bonchev–Trinajstić information content (AvgIpc) is 2.18. The fraction of sp³-hybridized carbons (Fsp3) is 0.583. The summed E-state index contributed by atoms with van der Waals surface area (Å²) in [6.07, 6.45) is 4.29. The third-order valence-corrected chi connectivity index (χ3v) is 2.96. The number of aromatic nitrogens is 1. The van der Waals surface area contributed by atoms with Crippen LogP contribution < -0.4 is 5.32 Å². The van der Waals surface area contributed by atoms with Crippen LogP contribution in [0.5, 0.6) is 0 Å². The van der Waals surface area contributed by atoms with E-state index in [2.05, 4.69) is 36.3 Å². The van der Waals surface area contributed by atoms with E-state index < -0.39 is 0 Å². The van der Waals surface area contributed by atoms with E-state index in [0.29, 0.717) is 5.92 Å². The highest BCUT2D eigenvalue weighted by Crippen LogP contribution is 2.30. The minimum atomic E-state index is 0. The minimum absolute atomic E-state index is 0. The molecule has 1 saturated heterocycles. The summed E-state index contributed by atoms with van der Waals surface area (Å²) in [4.78, 5) is 4.44. The summed E-state index contributed by atoms with van der Waals surface area (Å²) in [5.41, 5.74) is 1.52. The van der Waals surface area contributed by atoms with Crippen molar-refractivity contribution >= 4 is 12.4 Å². The number of rotatable bonds is 1. The number of nitrogens with zero attached hydrogens (tertiary/aromatic N) is 1. The summed E-state index contributed by atoms with van der Waals surface area (Å²) < 4.78 is 0. The smallest absolute Gasteiger partial charge is 0.0435 e. The first-order chi connectivity index (χ1) is 6.67. The normalized spacial score (nSPS) is 24.3. The average molecular weight is 227 g/mol. The van der Waals surface area contributed by atoms with Crippen LogP contribution in [0.15, 0.2) is 24.4 Å². The molecule has 0 spiro atoms. The van der Waals surface area contributed by atoms with Crippen LogP contribution in [0.2, 0.25) is 0 Å². The van der Waals surface area contributed by atoms with E-state index in [9.17, 15) is 0 Å². The van der Waals surface area contributed by atoms with Crippen molar-refractivity contribution in [2.75, 3.05) is 6.54 Å². The number of hydrogen-bond acceptors (Lipinski definition) is 2. The zero-order chi connectivity index (χ0) is 10.0. The summed E-state index contributed by atoms with van der Waals surface area (Å²) in [6.45, 7) is 5.64. The van der Waals surface area contributed by atoms with Gasteiger partial charge in [-0.2, -0.15) is 0 Å². The van der Waals surface area contributed by atoms with Gasteiger partial charge in [0.15, 0.2) is 0 Å². The molecule has 1 aliphatic heterocycles. The van der Waals surface area contributed by atoms with Gasteiger partial charge in [-0.15, -0.1) is 12.4 Å². The highest BCUT2D eigenvalue weighted by atomic mass is 35.5. The molecule has 2 rings (SSSR count). The zero-order valence-electron chi connectivity index (χ0n) is 9.36. The molecule has 1 aliphatic rings. The number of pyridine rings is 1. The van der Waals surface area contributed by atoms with Gasteiger partial charge in [0.05, 0.1) is 0 Å². The Labute approximate surface area is 97.9 Å². The second-order valence-electron chi connectivity index (χ2n) is 4.75. The third-order valence-electron chi connectivity index (χ3n) is 2.96. The maximum Gasteiger partial charge on any atom is 0.0435 e. The van der Waals surface area contributed by atoms with Gasteiger partial charge in [-0.05, 0) is 45.4 Å². The van der Waals surface area contributed by atoms with E-state index in [1.165, 1.54) is 18.5 Å². The molecule has 2 nitrogen and oxygen atoms in total. The Morgan fingerprint density at radius 3 is 2.80 bits per heavy atom. The first-order valence-corrected chi connectivity index (χ1v) is 5.33. The topological polar surface area (TPSA) is 24.9 Å². The molecule has 84 valence electrons. The SMILES string of the molecule is CC1(C)CC(c2ccccn2)CCN1.Cl. The van der Waals surface area contributed by atoms with Gasteiger partial charge in [-0.25, -0.2) is 0 Å². The van der Waals surface area contributed by atoms with Gasteiger partial charge >= 0.3 is 0 Å². The van der Waals surface area contributed by atoms with Crippen LogP contribution >= 0.6 is 12.4 Å². The lowest BCUT2D eigenvalue weighted by Gasteiger charge is -2.36. The van der Waals surface area contributed by atoms with E-state index in [0.717, 1.165) is 6.54 Å². The third kappa shape index (κ3) is 3.18. The molecule has 0 saturated carbocycles. The van der Waals surface area contributed by atoms with Crippen molar-refractivity contribution in [3.8, 4) is 0 Å². The largest absolute Gasteiger partial charge is 0.312 e. The number of piperidine rings is 1. The van der Waals surface area contributed by atoms with Gasteiger partial charge in [0.25, 0.3) is 0 Å². The van der Waals surface area contributed by atoms with Crippen molar-refractivity contribution in [2.24, 2.45) is 0 Å². The van der Waals surface area contributed by atoms with Crippen molar-refractivity contribution in [3.05, 3.63) is 30.1 Å². The summed E-state index contributed by atoms with van der Waals surface area (Å²) in [5, 5.41) is 3.53. The maximum absolute atomic E-state index is 4.44. The first kappa shape index (κ1) is 12.5. The predicted molar refractivity (Wildman–Crippen MR) is 65.5 cm³/mol. The van der Waals surface area contributed by atoms with Gasteiger partial charge in [0.2, 0.25) is 0 Å². The molecular weight excluding hydrogens is 208 g/mol. The Hall–Kier alpha value is -0.600. The van der Waals surface area contributed by atoms with Crippen LogP contribution in [-0.2, 0) is 0 Å². The monoisotopic (exact) mass is 226 g/mol. The molecular formula is C12H19ClN2. The van der Waals surface area contributed by atoms with Crippen molar-refractivity contribution in [1.82, 2.24) is 10.3 Å². The lowest BCUT2D eigenvalue weighted by atomic mass is 9.82. The molecule has 15 heavy (non-hydrogen) atoms. The number of hydrogen-bond donors (Lipinski definition) is 1. The van der Waals surface area contributed by atoms with Crippen LogP contribution in [0.3, 0.4) is 0 Å². The lowest BCUT2D eigenvalue weighted by Crippen LogP contribution is -2.45. The second-order valence-corrected chi connectivity index (χ2v) is 4.75. The van der Waals surface area contributed by atoms with Crippen molar-refractivity contribution < 1.29 is 0 Å². The fourth-order valence-electron chi connectivity index (χ4n) is 2.24. The van der Waals surface area contributed by atoms with Gasteiger partial charge in [0, 0.05) is 23.3 Å². The molecule has 0 aliphatic carbocycles. The van der Waals surface area contributed by atoms with Crippen LogP contribution in [0.25, 0.3) is 0 Å². The first-order valence-electron chi connectivity index (χ1n) is 5.33. The van der Waals surface area contributed by atoms with Crippen LogP contribution in [0.1, 0.15) is 38.3 Å². The van der Waals surface area contributed by atoms with E-state index in [-0.39, 0.29) is 17.9 Å². The van der Waals surface area contributed by atoms with Crippen LogP contribution in [0.4, 0.5) is 0 Å². The Kier molecular flexibility index (Phi) is 4.12. The van der Waals surface area contributed by atoms with Crippen LogP contribution in [-0.4, -0.2) is 17.1 Å². The standard InChI is InChI=1S/C12H18N2.ClH/c1-12(2)9-10(6-8-14-12)11-5-3-4-7-13-11;/h3-5,7,10,14H,6,8-9H2,1-2H3;1H. The molecule has 1 fully saturated rings. The van der Waals surface area contributed by atoms with Gasteiger partial charge in [-0.3, -0.25) is 4.98 Å². The predicted octanol–water partition coefficient (Wildman–Crippen LogP) is 2.75. The van der Waals surface area contributed by atoms with E-state index in [1.54, 1.807) is 0 Å². The fourth-order valence-corrected chi connectivity index (χ4v) is 2.24. The number of nitrogens with one attached hydrogen (secondary N) is 1. The number of halogens is 1. The highest BCUT2D eigenvalue weighted by Gasteiger charge is 2.28. The minimum Gasteiger partial charge on any atom is -0.312 e. The molecule has 0 radical (unpaired) electrons. The molecule has 3 heteroatoms. The molecule has 1 atom stereocenters. The summed E-state index contributed by atoms with van der Waals surface area (Å²) in [5.74, 6) is 0.632. The lowest BCUT2D eigenvalue weighted by molar-refractivity contribution is 0.273.